The molecule has 1 saturated heterocycles. The molecule has 0 radical (unpaired) electrons. The fourth-order valence-electron chi connectivity index (χ4n) is 2.29. The summed E-state index contributed by atoms with van der Waals surface area (Å²) in [7, 11) is 0. The zero-order chi connectivity index (χ0) is 17.3. The summed E-state index contributed by atoms with van der Waals surface area (Å²) in [5.74, 6) is -0.260. The number of phenolic OH excluding ortho intramolecular Hbond substituents is 1. The highest BCUT2D eigenvalue weighted by atomic mass is 35.5. The van der Waals surface area contributed by atoms with E-state index in [2.05, 4.69) is 5.32 Å². The average Bonchev–Trinajstić information content (AvgIpc) is 2.80. The van der Waals surface area contributed by atoms with Gasteiger partial charge in [0.2, 0.25) is 0 Å². The smallest absolute Gasteiger partial charge is 0.276 e. The lowest BCUT2D eigenvalue weighted by molar-refractivity contribution is -0.122. The summed E-state index contributed by atoms with van der Waals surface area (Å²) in [6.07, 6.45) is 1.63. The van der Waals surface area contributed by atoms with Gasteiger partial charge in [0.05, 0.1) is 11.6 Å². The molecule has 24 heavy (non-hydrogen) atoms. The van der Waals surface area contributed by atoms with E-state index >= 15 is 0 Å². The maximum absolute atomic E-state index is 12.6. The standard InChI is InChI=1S/C17H12Cl2N2O2S/c18-12-4-2-1-3-11(12)9-21-16(23)14(20-17(21)24)8-10-5-6-15(22)13(19)7-10/h1-8,22H,9H2,(H,20,24). The van der Waals surface area contributed by atoms with Crippen LogP contribution in [-0.4, -0.2) is 21.0 Å². The van der Waals surface area contributed by atoms with E-state index in [-0.39, 0.29) is 23.2 Å². The number of halogens is 2. The van der Waals surface area contributed by atoms with Gasteiger partial charge in [-0.05, 0) is 47.6 Å². The molecule has 1 aliphatic rings. The van der Waals surface area contributed by atoms with Crippen molar-refractivity contribution in [1.82, 2.24) is 10.2 Å². The van der Waals surface area contributed by atoms with Gasteiger partial charge in [-0.2, -0.15) is 0 Å². The van der Waals surface area contributed by atoms with Crippen molar-refractivity contribution in [3.05, 3.63) is 69.3 Å². The van der Waals surface area contributed by atoms with Crippen molar-refractivity contribution < 1.29 is 9.90 Å². The van der Waals surface area contributed by atoms with Crippen molar-refractivity contribution in [3.8, 4) is 5.75 Å². The quantitative estimate of drug-likeness (QED) is 0.626. The van der Waals surface area contributed by atoms with Crippen LogP contribution in [0.1, 0.15) is 11.1 Å². The second kappa shape index (κ2) is 6.81. The highest BCUT2D eigenvalue weighted by molar-refractivity contribution is 7.80. The molecule has 0 aromatic heterocycles. The Labute approximate surface area is 154 Å². The van der Waals surface area contributed by atoms with Crippen LogP contribution in [0.2, 0.25) is 10.0 Å². The van der Waals surface area contributed by atoms with E-state index in [1.54, 1.807) is 24.3 Å². The van der Waals surface area contributed by atoms with E-state index in [0.717, 1.165) is 5.56 Å². The van der Waals surface area contributed by atoms with Crippen molar-refractivity contribution in [3.63, 3.8) is 0 Å². The predicted octanol–water partition coefficient (Wildman–Crippen LogP) is 3.96. The van der Waals surface area contributed by atoms with Crippen molar-refractivity contribution in [2.75, 3.05) is 0 Å². The molecule has 4 nitrogen and oxygen atoms in total. The minimum absolute atomic E-state index is 0.0135. The highest BCUT2D eigenvalue weighted by Crippen LogP contribution is 2.26. The number of phenols is 1. The molecule has 2 aromatic carbocycles. The van der Waals surface area contributed by atoms with Gasteiger partial charge in [-0.3, -0.25) is 9.69 Å². The van der Waals surface area contributed by atoms with Crippen molar-refractivity contribution in [1.29, 1.82) is 0 Å². The number of hydrogen-bond donors (Lipinski definition) is 2. The highest BCUT2D eigenvalue weighted by Gasteiger charge is 2.30. The molecule has 0 spiro atoms. The predicted molar refractivity (Wildman–Crippen MR) is 98.8 cm³/mol. The number of carbonyl (C=O) groups is 1. The summed E-state index contributed by atoms with van der Waals surface area (Å²) in [5, 5.41) is 13.5. The lowest BCUT2D eigenvalue weighted by atomic mass is 10.1. The van der Waals surface area contributed by atoms with Crippen LogP contribution in [0.15, 0.2) is 48.2 Å². The molecular formula is C17H12Cl2N2O2S. The Bertz CT molecular complexity index is 867. The first-order valence-corrected chi connectivity index (χ1v) is 8.18. The van der Waals surface area contributed by atoms with Gasteiger partial charge in [0.15, 0.2) is 5.11 Å². The molecule has 0 aliphatic carbocycles. The van der Waals surface area contributed by atoms with Gasteiger partial charge in [-0.1, -0.05) is 47.5 Å². The number of carbonyl (C=O) groups excluding carboxylic acids is 1. The zero-order valence-corrected chi connectivity index (χ0v) is 14.6. The van der Waals surface area contributed by atoms with Gasteiger partial charge < -0.3 is 10.4 Å². The molecule has 7 heteroatoms. The molecule has 1 amide bonds. The number of thiocarbonyl (C=S) groups is 1. The van der Waals surface area contributed by atoms with E-state index in [1.165, 1.54) is 11.0 Å². The van der Waals surface area contributed by atoms with Gasteiger partial charge in [0, 0.05) is 5.02 Å². The van der Waals surface area contributed by atoms with Crippen LogP contribution >= 0.6 is 35.4 Å². The largest absolute Gasteiger partial charge is 0.506 e. The molecule has 122 valence electrons. The van der Waals surface area contributed by atoms with E-state index < -0.39 is 0 Å². The Balaban J connectivity index is 1.84. The lowest BCUT2D eigenvalue weighted by Crippen LogP contribution is -2.30. The maximum Gasteiger partial charge on any atom is 0.276 e. The van der Waals surface area contributed by atoms with Crippen LogP contribution in [0.3, 0.4) is 0 Å². The first kappa shape index (κ1) is 16.8. The minimum Gasteiger partial charge on any atom is -0.506 e. The second-order valence-corrected chi connectivity index (χ2v) is 6.38. The third kappa shape index (κ3) is 3.38. The van der Waals surface area contributed by atoms with Gasteiger partial charge >= 0.3 is 0 Å². The third-order valence-corrected chi connectivity index (χ3v) is 4.53. The molecule has 2 N–H and O–H groups in total. The van der Waals surface area contributed by atoms with E-state index in [9.17, 15) is 9.90 Å². The molecule has 0 bridgehead atoms. The molecule has 0 atom stereocenters. The van der Waals surface area contributed by atoms with Crippen LogP contribution < -0.4 is 5.32 Å². The number of nitrogens with zero attached hydrogens (tertiary/aromatic N) is 1. The fourth-order valence-corrected chi connectivity index (χ4v) is 2.93. The first-order chi connectivity index (χ1) is 11.5. The fraction of sp³-hybridized carbons (Fsp3) is 0.0588. The summed E-state index contributed by atoms with van der Waals surface area (Å²) in [6.45, 7) is 0.290. The summed E-state index contributed by atoms with van der Waals surface area (Å²) < 4.78 is 0. The molecule has 0 unspecified atom stereocenters. The van der Waals surface area contributed by atoms with Crippen LogP contribution in [0, 0.1) is 0 Å². The number of rotatable bonds is 3. The summed E-state index contributed by atoms with van der Waals surface area (Å²) in [5.41, 5.74) is 1.83. The topological polar surface area (TPSA) is 52.6 Å². The minimum atomic E-state index is -0.246. The average molecular weight is 379 g/mol. The Hall–Kier alpha value is -2.08. The monoisotopic (exact) mass is 378 g/mol. The van der Waals surface area contributed by atoms with Crippen molar-refractivity contribution in [2.24, 2.45) is 0 Å². The van der Waals surface area contributed by atoms with Crippen molar-refractivity contribution in [2.45, 2.75) is 6.54 Å². The maximum atomic E-state index is 12.6. The Kier molecular flexibility index (Phi) is 4.76. The number of aromatic hydroxyl groups is 1. The van der Waals surface area contributed by atoms with Crippen LogP contribution in [0.5, 0.6) is 5.75 Å². The zero-order valence-electron chi connectivity index (χ0n) is 12.3. The molecule has 3 rings (SSSR count). The van der Waals surface area contributed by atoms with E-state index in [4.69, 9.17) is 35.4 Å². The van der Waals surface area contributed by atoms with Gasteiger partial charge in [0.1, 0.15) is 11.4 Å². The SMILES string of the molecule is O=C1C(=Cc2ccc(O)c(Cl)c2)NC(=S)N1Cc1ccccc1Cl. The Morgan fingerprint density at radius 3 is 2.62 bits per heavy atom. The molecule has 0 saturated carbocycles. The van der Waals surface area contributed by atoms with E-state index in [1.807, 2.05) is 18.2 Å². The number of nitrogens with one attached hydrogen (secondary N) is 1. The summed E-state index contributed by atoms with van der Waals surface area (Å²) in [4.78, 5) is 14.0. The van der Waals surface area contributed by atoms with E-state index in [0.29, 0.717) is 21.4 Å². The third-order valence-electron chi connectivity index (χ3n) is 3.53. The summed E-state index contributed by atoms with van der Waals surface area (Å²) in [6, 6.07) is 12.0. The number of amides is 1. The molecule has 1 fully saturated rings. The van der Waals surface area contributed by atoms with Gasteiger partial charge in [0.25, 0.3) is 5.91 Å². The molecule has 1 aliphatic heterocycles. The van der Waals surface area contributed by atoms with Crippen molar-refractivity contribution >= 4 is 52.5 Å². The Morgan fingerprint density at radius 2 is 1.92 bits per heavy atom. The Morgan fingerprint density at radius 1 is 1.17 bits per heavy atom. The van der Waals surface area contributed by atoms with Gasteiger partial charge in [-0.15, -0.1) is 0 Å². The van der Waals surface area contributed by atoms with Crippen LogP contribution in [0.25, 0.3) is 6.08 Å². The molecule has 1 heterocycles. The molecular weight excluding hydrogens is 367 g/mol. The first-order valence-electron chi connectivity index (χ1n) is 7.02. The number of benzene rings is 2. The molecule has 2 aromatic rings. The summed E-state index contributed by atoms with van der Waals surface area (Å²) >= 11 is 17.3. The van der Waals surface area contributed by atoms with Crippen LogP contribution in [-0.2, 0) is 11.3 Å². The number of hydrogen-bond acceptors (Lipinski definition) is 3. The normalized spacial score (nSPS) is 15.9. The van der Waals surface area contributed by atoms with Gasteiger partial charge in [-0.25, -0.2) is 0 Å². The van der Waals surface area contributed by atoms with Crippen LogP contribution in [0.4, 0.5) is 0 Å². The lowest BCUT2D eigenvalue weighted by Gasteiger charge is -2.14. The second-order valence-electron chi connectivity index (χ2n) is 5.18.